The molecule has 0 N–H and O–H groups in total. The SMILES string of the molecule is CCOC(c1noc(-c2cc(C#N)cn2C)n1)C1CC1. The molecule has 1 aliphatic carbocycles. The summed E-state index contributed by atoms with van der Waals surface area (Å²) in [7, 11) is 1.85. The van der Waals surface area contributed by atoms with Crippen molar-refractivity contribution in [3.63, 3.8) is 0 Å². The lowest BCUT2D eigenvalue weighted by atomic mass is 10.2. The number of nitrogens with zero attached hydrogens (tertiary/aromatic N) is 4. The summed E-state index contributed by atoms with van der Waals surface area (Å²) in [6, 6.07) is 3.84. The molecule has 0 spiro atoms. The molecule has 104 valence electrons. The molecule has 2 aromatic rings. The maximum Gasteiger partial charge on any atom is 0.274 e. The van der Waals surface area contributed by atoms with Crippen LogP contribution in [0.25, 0.3) is 11.6 Å². The van der Waals surface area contributed by atoms with Crippen LogP contribution in [-0.2, 0) is 11.8 Å². The van der Waals surface area contributed by atoms with Gasteiger partial charge in [-0.15, -0.1) is 0 Å². The van der Waals surface area contributed by atoms with Crippen molar-refractivity contribution in [2.75, 3.05) is 6.61 Å². The monoisotopic (exact) mass is 272 g/mol. The van der Waals surface area contributed by atoms with Crippen LogP contribution in [0, 0.1) is 17.2 Å². The van der Waals surface area contributed by atoms with E-state index in [0.717, 1.165) is 18.5 Å². The number of ether oxygens (including phenoxy) is 1. The first-order chi connectivity index (χ1) is 9.72. The van der Waals surface area contributed by atoms with E-state index in [1.54, 1.807) is 12.3 Å². The Balaban J connectivity index is 1.89. The highest BCUT2D eigenvalue weighted by Gasteiger charge is 2.36. The van der Waals surface area contributed by atoms with Gasteiger partial charge in [-0.1, -0.05) is 5.16 Å². The van der Waals surface area contributed by atoms with Gasteiger partial charge in [0.25, 0.3) is 5.89 Å². The molecule has 0 aromatic carbocycles. The maximum absolute atomic E-state index is 8.92. The highest BCUT2D eigenvalue weighted by atomic mass is 16.5. The summed E-state index contributed by atoms with van der Waals surface area (Å²) in [6.07, 6.45) is 3.96. The van der Waals surface area contributed by atoms with Gasteiger partial charge in [-0.05, 0) is 31.7 Å². The van der Waals surface area contributed by atoms with Crippen molar-refractivity contribution in [1.29, 1.82) is 5.26 Å². The van der Waals surface area contributed by atoms with Gasteiger partial charge in [0.15, 0.2) is 0 Å². The number of aromatic nitrogens is 3. The second-order valence-electron chi connectivity index (χ2n) is 5.01. The fraction of sp³-hybridized carbons (Fsp3) is 0.500. The minimum Gasteiger partial charge on any atom is -0.370 e. The number of hydrogen-bond acceptors (Lipinski definition) is 5. The average Bonchev–Trinajstić information content (AvgIpc) is 3.04. The van der Waals surface area contributed by atoms with Gasteiger partial charge < -0.3 is 13.8 Å². The van der Waals surface area contributed by atoms with Gasteiger partial charge in [-0.2, -0.15) is 10.2 Å². The Kier molecular flexibility index (Phi) is 3.28. The van der Waals surface area contributed by atoms with E-state index in [1.807, 2.05) is 18.5 Å². The Morgan fingerprint density at radius 3 is 3.00 bits per heavy atom. The summed E-state index contributed by atoms with van der Waals surface area (Å²) in [5.74, 6) is 1.53. The standard InChI is InChI=1S/C14H16N4O2/c1-3-19-12(10-4-5-10)13-16-14(20-17-13)11-6-9(7-15)8-18(11)2/h6,8,10,12H,3-5H2,1-2H3. The van der Waals surface area contributed by atoms with Gasteiger partial charge in [0.2, 0.25) is 5.82 Å². The quantitative estimate of drug-likeness (QED) is 0.835. The molecular formula is C14H16N4O2. The van der Waals surface area contributed by atoms with Crippen molar-refractivity contribution >= 4 is 0 Å². The van der Waals surface area contributed by atoms with E-state index in [0.29, 0.717) is 29.8 Å². The van der Waals surface area contributed by atoms with Crippen LogP contribution in [0.2, 0.25) is 0 Å². The van der Waals surface area contributed by atoms with Gasteiger partial charge in [0.1, 0.15) is 17.9 Å². The van der Waals surface area contributed by atoms with Crippen LogP contribution in [0.15, 0.2) is 16.8 Å². The van der Waals surface area contributed by atoms with Crippen LogP contribution in [0.3, 0.4) is 0 Å². The highest BCUT2D eigenvalue weighted by Crippen LogP contribution is 2.42. The number of rotatable bonds is 5. The Morgan fingerprint density at radius 2 is 2.40 bits per heavy atom. The molecule has 1 saturated carbocycles. The molecule has 0 amide bonds. The molecule has 0 radical (unpaired) electrons. The Hall–Kier alpha value is -2.13. The summed E-state index contributed by atoms with van der Waals surface area (Å²) in [4.78, 5) is 4.44. The zero-order valence-electron chi connectivity index (χ0n) is 11.5. The van der Waals surface area contributed by atoms with Gasteiger partial charge in [0, 0.05) is 19.9 Å². The zero-order chi connectivity index (χ0) is 14.1. The smallest absolute Gasteiger partial charge is 0.274 e. The molecule has 6 nitrogen and oxygen atoms in total. The van der Waals surface area contributed by atoms with Crippen LogP contribution in [0.5, 0.6) is 0 Å². The molecular weight excluding hydrogens is 256 g/mol. The number of aryl methyl sites for hydroxylation is 1. The van der Waals surface area contributed by atoms with Crippen molar-refractivity contribution in [1.82, 2.24) is 14.7 Å². The lowest BCUT2D eigenvalue weighted by Gasteiger charge is -2.10. The summed E-state index contributed by atoms with van der Waals surface area (Å²) >= 11 is 0. The van der Waals surface area contributed by atoms with Crippen molar-refractivity contribution in [3.05, 3.63) is 23.7 Å². The third kappa shape index (κ3) is 2.32. The van der Waals surface area contributed by atoms with Crippen molar-refractivity contribution in [3.8, 4) is 17.7 Å². The molecule has 6 heteroatoms. The minimum absolute atomic E-state index is 0.0757. The van der Waals surface area contributed by atoms with E-state index in [9.17, 15) is 0 Å². The van der Waals surface area contributed by atoms with Crippen molar-refractivity contribution in [2.45, 2.75) is 25.9 Å². The molecule has 1 atom stereocenters. The number of nitriles is 1. The topological polar surface area (TPSA) is 76.9 Å². The Bertz CT molecular complexity index is 648. The zero-order valence-corrected chi connectivity index (χ0v) is 11.5. The summed E-state index contributed by atoms with van der Waals surface area (Å²) < 4.78 is 12.8. The molecule has 3 rings (SSSR count). The second-order valence-corrected chi connectivity index (χ2v) is 5.01. The third-order valence-electron chi connectivity index (χ3n) is 3.45. The Morgan fingerprint density at radius 1 is 1.60 bits per heavy atom. The predicted octanol–water partition coefficient (Wildman–Crippen LogP) is 2.43. The van der Waals surface area contributed by atoms with Gasteiger partial charge in [-0.3, -0.25) is 0 Å². The van der Waals surface area contributed by atoms with Crippen molar-refractivity contribution < 1.29 is 9.26 Å². The molecule has 1 aliphatic rings. The van der Waals surface area contributed by atoms with E-state index in [4.69, 9.17) is 14.5 Å². The lowest BCUT2D eigenvalue weighted by Crippen LogP contribution is -2.08. The van der Waals surface area contributed by atoms with Crippen LogP contribution >= 0.6 is 0 Å². The van der Waals surface area contributed by atoms with Gasteiger partial charge in [0.05, 0.1) is 5.56 Å². The van der Waals surface area contributed by atoms with E-state index < -0.39 is 0 Å². The molecule has 0 aliphatic heterocycles. The fourth-order valence-electron chi connectivity index (χ4n) is 2.29. The molecule has 2 heterocycles. The molecule has 1 fully saturated rings. The minimum atomic E-state index is -0.0757. The van der Waals surface area contributed by atoms with Crippen LogP contribution in [0.1, 0.15) is 37.3 Å². The first-order valence-corrected chi connectivity index (χ1v) is 6.75. The highest BCUT2D eigenvalue weighted by molar-refractivity contribution is 5.52. The first kappa shape index (κ1) is 12.9. The number of hydrogen-bond donors (Lipinski definition) is 0. The molecule has 0 saturated heterocycles. The summed E-state index contributed by atoms with van der Waals surface area (Å²) in [6.45, 7) is 2.60. The van der Waals surface area contributed by atoms with Crippen LogP contribution in [-0.4, -0.2) is 21.3 Å². The average molecular weight is 272 g/mol. The summed E-state index contributed by atoms with van der Waals surface area (Å²) in [5.41, 5.74) is 1.32. The molecule has 1 unspecified atom stereocenters. The van der Waals surface area contributed by atoms with Crippen LogP contribution < -0.4 is 0 Å². The predicted molar refractivity (Wildman–Crippen MR) is 70.5 cm³/mol. The van der Waals surface area contributed by atoms with E-state index >= 15 is 0 Å². The normalized spacial score (nSPS) is 16.1. The first-order valence-electron chi connectivity index (χ1n) is 6.75. The third-order valence-corrected chi connectivity index (χ3v) is 3.45. The van der Waals surface area contributed by atoms with Gasteiger partial charge in [-0.25, -0.2) is 0 Å². The van der Waals surface area contributed by atoms with E-state index in [-0.39, 0.29) is 6.10 Å². The maximum atomic E-state index is 8.92. The van der Waals surface area contributed by atoms with E-state index in [1.165, 1.54) is 0 Å². The largest absolute Gasteiger partial charge is 0.370 e. The second kappa shape index (κ2) is 5.10. The Labute approximate surface area is 117 Å². The fourth-order valence-corrected chi connectivity index (χ4v) is 2.29. The lowest BCUT2D eigenvalue weighted by molar-refractivity contribution is 0.0385. The molecule has 0 bridgehead atoms. The summed E-state index contributed by atoms with van der Waals surface area (Å²) in [5, 5.41) is 13.0. The molecule has 20 heavy (non-hydrogen) atoms. The van der Waals surface area contributed by atoms with Crippen LogP contribution in [0.4, 0.5) is 0 Å². The van der Waals surface area contributed by atoms with Crippen molar-refractivity contribution in [2.24, 2.45) is 13.0 Å². The molecule has 2 aromatic heterocycles. The van der Waals surface area contributed by atoms with Gasteiger partial charge >= 0.3 is 0 Å². The van der Waals surface area contributed by atoms with E-state index in [2.05, 4.69) is 16.2 Å².